The number of carbonyl (C=O) groups excluding carboxylic acids is 2. The van der Waals surface area contributed by atoms with Gasteiger partial charge in [0.2, 0.25) is 0 Å². The van der Waals surface area contributed by atoms with E-state index < -0.39 is 11.5 Å². The average molecular weight is 410 g/mol. The van der Waals surface area contributed by atoms with E-state index in [0.717, 1.165) is 31.5 Å². The Hall–Kier alpha value is -3.03. The van der Waals surface area contributed by atoms with Gasteiger partial charge in [0.1, 0.15) is 17.2 Å². The lowest BCUT2D eigenvalue weighted by molar-refractivity contribution is -0.124. The molecule has 2 aliphatic heterocycles. The lowest BCUT2D eigenvalue weighted by Gasteiger charge is -2.44. The van der Waals surface area contributed by atoms with Gasteiger partial charge in [-0.25, -0.2) is 9.87 Å². The summed E-state index contributed by atoms with van der Waals surface area (Å²) in [6.45, 7) is 2.22. The highest BCUT2D eigenvalue weighted by molar-refractivity contribution is 6.01. The zero-order valence-corrected chi connectivity index (χ0v) is 16.4. The summed E-state index contributed by atoms with van der Waals surface area (Å²) in [5, 5.41) is 8.56. The molecule has 0 atom stereocenters. The number of likely N-dealkylation sites (tertiary alicyclic amines) is 1. The Labute approximate surface area is 173 Å². The highest BCUT2D eigenvalue weighted by Crippen LogP contribution is 2.40. The van der Waals surface area contributed by atoms with Gasteiger partial charge in [-0.1, -0.05) is 18.2 Å². The van der Waals surface area contributed by atoms with Gasteiger partial charge in [0.15, 0.2) is 5.78 Å². The number of rotatable bonds is 4. The van der Waals surface area contributed by atoms with Crippen LogP contribution in [0.5, 0.6) is 5.75 Å². The van der Waals surface area contributed by atoms with Gasteiger partial charge >= 0.3 is 0 Å². The number of amides is 1. The fourth-order valence-electron chi connectivity index (χ4n) is 4.12. The smallest absolute Gasteiger partial charge is 0.267 e. The molecule has 0 radical (unpaired) electrons. The van der Waals surface area contributed by atoms with Gasteiger partial charge in [-0.05, 0) is 41.5 Å². The van der Waals surface area contributed by atoms with Gasteiger partial charge in [-0.3, -0.25) is 19.7 Å². The van der Waals surface area contributed by atoms with E-state index in [1.54, 1.807) is 30.3 Å². The van der Waals surface area contributed by atoms with E-state index in [2.05, 4.69) is 4.90 Å². The van der Waals surface area contributed by atoms with Crippen LogP contribution >= 0.6 is 0 Å². The second-order valence-electron chi connectivity index (χ2n) is 7.86. The molecule has 2 N–H and O–H groups in total. The summed E-state index contributed by atoms with van der Waals surface area (Å²) in [7, 11) is 0. The number of Topliss-reactive ketones (excluding diaryl/α,β-unsaturated/α-hetero) is 1. The number of nitrogens with one attached hydrogen (secondary N) is 1. The van der Waals surface area contributed by atoms with Crippen LogP contribution < -0.4 is 10.2 Å². The minimum atomic E-state index is -0.640. The lowest BCUT2D eigenvalue weighted by Crippen LogP contribution is -2.50. The summed E-state index contributed by atoms with van der Waals surface area (Å²) >= 11 is 0. The molecule has 2 aromatic carbocycles. The van der Waals surface area contributed by atoms with Crippen LogP contribution in [0.15, 0.2) is 48.5 Å². The molecule has 6 nitrogen and oxygen atoms in total. The van der Waals surface area contributed by atoms with Crippen LogP contribution in [0.1, 0.15) is 40.7 Å². The predicted molar refractivity (Wildman–Crippen MR) is 109 cm³/mol. The molecule has 30 heavy (non-hydrogen) atoms. The quantitative estimate of drug-likeness (QED) is 0.459. The molecule has 7 heteroatoms. The van der Waals surface area contributed by atoms with Crippen molar-refractivity contribution >= 4 is 17.8 Å². The molecule has 2 heterocycles. The molecule has 0 aliphatic carbocycles. The number of carbonyl (C=O) groups is 2. The number of hydrogen-bond donors (Lipinski definition) is 2. The number of hydrogen-bond acceptors (Lipinski definition) is 5. The molecule has 2 aliphatic rings. The molecular formula is C23H23FN2O4. The van der Waals surface area contributed by atoms with E-state index in [1.807, 2.05) is 6.07 Å². The SMILES string of the molecule is O=C(/C=C/c1ccc2c(c1)C(=O)CC1(CCN(Cc3cccc(F)c3)CC1)O2)NO. The van der Waals surface area contributed by atoms with E-state index >= 15 is 0 Å². The van der Waals surface area contributed by atoms with Crippen LogP contribution in [0.3, 0.4) is 0 Å². The molecule has 156 valence electrons. The zero-order chi connectivity index (χ0) is 21.1. The Balaban J connectivity index is 1.43. The number of hydroxylamine groups is 1. The molecule has 2 aromatic rings. The maximum Gasteiger partial charge on any atom is 0.267 e. The third kappa shape index (κ3) is 4.42. The Morgan fingerprint density at radius 3 is 2.77 bits per heavy atom. The summed E-state index contributed by atoms with van der Waals surface area (Å²) in [4.78, 5) is 26.2. The number of fused-ring (bicyclic) bond motifs is 1. The molecule has 0 unspecified atom stereocenters. The number of piperidine rings is 1. The van der Waals surface area contributed by atoms with Gasteiger partial charge in [0.05, 0.1) is 12.0 Å². The maximum absolute atomic E-state index is 13.4. The van der Waals surface area contributed by atoms with Gasteiger partial charge in [0.25, 0.3) is 5.91 Å². The van der Waals surface area contributed by atoms with Crippen molar-refractivity contribution in [2.24, 2.45) is 0 Å². The first-order valence-electron chi connectivity index (χ1n) is 9.92. The number of ketones is 1. The van der Waals surface area contributed by atoms with Crippen LogP contribution in [-0.2, 0) is 11.3 Å². The van der Waals surface area contributed by atoms with Crippen molar-refractivity contribution in [3.63, 3.8) is 0 Å². The normalized spacial score (nSPS) is 18.3. The number of nitrogens with zero attached hydrogens (tertiary/aromatic N) is 1. The average Bonchev–Trinajstić information content (AvgIpc) is 2.74. The molecule has 0 aromatic heterocycles. The molecule has 1 amide bonds. The van der Waals surface area contributed by atoms with Crippen LogP contribution in [-0.4, -0.2) is 40.5 Å². The van der Waals surface area contributed by atoms with Crippen molar-refractivity contribution in [3.05, 3.63) is 71.0 Å². The summed E-state index contributed by atoms with van der Waals surface area (Å²) < 4.78 is 19.7. The number of ether oxygens (including phenoxy) is 1. The van der Waals surface area contributed by atoms with Crippen LogP contribution in [0.2, 0.25) is 0 Å². The van der Waals surface area contributed by atoms with Crippen molar-refractivity contribution < 1.29 is 23.9 Å². The lowest BCUT2D eigenvalue weighted by atomic mass is 9.82. The highest BCUT2D eigenvalue weighted by atomic mass is 19.1. The Morgan fingerprint density at radius 2 is 2.03 bits per heavy atom. The van der Waals surface area contributed by atoms with E-state index in [4.69, 9.17) is 9.94 Å². The number of benzene rings is 2. The minimum Gasteiger partial charge on any atom is -0.486 e. The first kappa shape index (κ1) is 20.3. The molecule has 1 fully saturated rings. The maximum atomic E-state index is 13.4. The zero-order valence-electron chi connectivity index (χ0n) is 16.4. The molecule has 0 saturated carbocycles. The third-order valence-electron chi connectivity index (χ3n) is 5.71. The van der Waals surface area contributed by atoms with E-state index in [0.29, 0.717) is 29.8 Å². The van der Waals surface area contributed by atoms with Gasteiger partial charge < -0.3 is 4.74 Å². The van der Waals surface area contributed by atoms with Crippen LogP contribution in [0.25, 0.3) is 6.08 Å². The fraction of sp³-hybridized carbons (Fsp3) is 0.304. The summed E-state index contributed by atoms with van der Waals surface area (Å²) in [6, 6.07) is 11.9. The highest BCUT2D eigenvalue weighted by Gasteiger charge is 2.42. The first-order valence-corrected chi connectivity index (χ1v) is 9.92. The topological polar surface area (TPSA) is 78.9 Å². The van der Waals surface area contributed by atoms with Crippen molar-refractivity contribution in [2.75, 3.05) is 13.1 Å². The standard InChI is InChI=1S/C23H23FN2O4/c24-18-3-1-2-17(12-18)15-26-10-8-23(9-11-26)14-20(27)19-13-16(4-6-21(19)30-23)5-7-22(28)25-29/h1-7,12-13,29H,8-11,14-15H2,(H,25,28)/b7-5+. The second kappa shape index (κ2) is 8.38. The molecule has 1 saturated heterocycles. The van der Waals surface area contributed by atoms with E-state index in [9.17, 15) is 14.0 Å². The van der Waals surface area contributed by atoms with Crippen molar-refractivity contribution in [2.45, 2.75) is 31.4 Å². The molecule has 1 spiro atoms. The van der Waals surface area contributed by atoms with Crippen molar-refractivity contribution in [1.82, 2.24) is 10.4 Å². The van der Waals surface area contributed by atoms with Crippen molar-refractivity contribution in [1.29, 1.82) is 0 Å². The molecule has 0 bridgehead atoms. The number of halogens is 1. The summed E-state index contributed by atoms with van der Waals surface area (Å²) in [5.74, 6) is -0.283. The fourth-order valence-corrected chi connectivity index (χ4v) is 4.12. The van der Waals surface area contributed by atoms with Crippen LogP contribution in [0, 0.1) is 5.82 Å². The Bertz CT molecular complexity index is 996. The van der Waals surface area contributed by atoms with Gasteiger partial charge in [-0.15, -0.1) is 0 Å². The second-order valence-corrected chi connectivity index (χ2v) is 7.86. The minimum absolute atomic E-state index is 0.0247. The predicted octanol–water partition coefficient (Wildman–Crippen LogP) is 3.34. The van der Waals surface area contributed by atoms with Crippen molar-refractivity contribution in [3.8, 4) is 5.75 Å². The van der Waals surface area contributed by atoms with Crippen LogP contribution in [0.4, 0.5) is 4.39 Å². The summed E-state index contributed by atoms with van der Waals surface area (Å²) in [6.07, 6.45) is 4.48. The van der Waals surface area contributed by atoms with E-state index in [1.165, 1.54) is 23.7 Å². The molecular weight excluding hydrogens is 387 g/mol. The van der Waals surface area contributed by atoms with E-state index in [-0.39, 0.29) is 11.6 Å². The Kier molecular flexibility index (Phi) is 5.65. The Morgan fingerprint density at radius 1 is 1.23 bits per heavy atom. The van der Waals surface area contributed by atoms with Gasteiger partial charge in [-0.2, -0.15) is 0 Å². The third-order valence-corrected chi connectivity index (χ3v) is 5.71. The largest absolute Gasteiger partial charge is 0.486 e. The summed E-state index contributed by atoms with van der Waals surface area (Å²) in [5.41, 5.74) is 3.15. The first-order chi connectivity index (χ1) is 14.5. The molecule has 4 rings (SSSR count). The monoisotopic (exact) mass is 410 g/mol. The van der Waals surface area contributed by atoms with Gasteiger partial charge in [0, 0.05) is 38.6 Å².